The number of rotatable bonds is 3. The number of nitrogens with one attached hydrogen (secondary N) is 1. The Morgan fingerprint density at radius 3 is 2.30 bits per heavy atom. The molecule has 1 heterocycles. The van der Waals surface area contributed by atoms with Gasteiger partial charge in [-0.25, -0.2) is 4.98 Å². The summed E-state index contributed by atoms with van der Waals surface area (Å²) in [6.07, 6.45) is 0. The second-order valence-electron chi connectivity index (χ2n) is 8.78. The van der Waals surface area contributed by atoms with Gasteiger partial charge in [-0.2, -0.15) is 0 Å². The van der Waals surface area contributed by atoms with Gasteiger partial charge >= 0.3 is 0 Å². The third-order valence-corrected chi connectivity index (χ3v) is 5.41. The van der Waals surface area contributed by atoms with Gasteiger partial charge in [-0.1, -0.05) is 39.0 Å². The predicted molar refractivity (Wildman–Crippen MR) is 122 cm³/mol. The Morgan fingerprint density at radius 1 is 0.900 bits per heavy atom. The number of carbonyl (C=O) groups is 1. The van der Waals surface area contributed by atoms with E-state index in [0.717, 1.165) is 5.56 Å². The van der Waals surface area contributed by atoms with Gasteiger partial charge < -0.3 is 9.73 Å². The molecule has 30 heavy (non-hydrogen) atoms. The van der Waals surface area contributed by atoms with Crippen LogP contribution in [0.3, 0.4) is 0 Å². The lowest BCUT2D eigenvalue weighted by Gasteiger charge is -2.19. The van der Waals surface area contributed by atoms with Crippen LogP contribution in [0.5, 0.6) is 0 Å². The van der Waals surface area contributed by atoms with E-state index in [-0.39, 0.29) is 11.3 Å². The van der Waals surface area contributed by atoms with Crippen molar-refractivity contribution >= 4 is 22.7 Å². The van der Waals surface area contributed by atoms with E-state index in [1.54, 1.807) is 0 Å². The molecule has 1 N–H and O–H groups in total. The molecular weight excluding hydrogens is 372 g/mol. The zero-order valence-corrected chi connectivity index (χ0v) is 18.0. The monoisotopic (exact) mass is 398 g/mol. The molecule has 4 aromatic rings. The molecule has 0 unspecified atom stereocenters. The van der Waals surface area contributed by atoms with Crippen LogP contribution in [0.4, 0.5) is 5.69 Å². The smallest absolute Gasteiger partial charge is 0.255 e. The lowest BCUT2D eigenvalue weighted by Crippen LogP contribution is -2.14. The molecule has 3 aromatic carbocycles. The van der Waals surface area contributed by atoms with Crippen molar-refractivity contribution in [2.24, 2.45) is 0 Å². The molecule has 0 atom stereocenters. The van der Waals surface area contributed by atoms with Crippen LogP contribution in [0.25, 0.3) is 22.6 Å². The third-order valence-electron chi connectivity index (χ3n) is 5.41. The number of nitrogens with zero attached hydrogens (tertiary/aromatic N) is 1. The first-order chi connectivity index (χ1) is 14.2. The number of hydrogen-bond acceptors (Lipinski definition) is 3. The average molecular weight is 399 g/mol. The van der Waals surface area contributed by atoms with Crippen molar-refractivity contribution in [3.8, 4) is 11.5 Å². The zero-order chi connectivity index (χ0) is 21.5. The molecule has 1 aromatic heterocycles. The number of carbonyl (C=O) groups excluding carboxylic acids is 1. The number of aryl methyl sites for hydroxylation is 2. The maximum Gasteiger partial charge on any atom is 0.255 e. The minimum Gasteiger partial charge on any atom is -0.436 e. The van der Waals surface area contributed by atoms with Crippen LogP contribution in [0.2, 0.25) is 0 Å². The summed E-state index contributed by atoms with van der Waals surface area (Å²) in [5.41, 5.74) is 7.34. The molecule has 0 aliphatic carbocycles. The van der Waals surface area contributed by atoms with Gasteiger partial charge in [0, 0.05) is 16.8 Å². The summed E-state index contributed by atoms with van der Waals surface area (Å²) in [6, 6.07) is 19.4. The summed E-state index contributed by atoms with van der Waals surface area (Å²) in [4.78, 5) is 17.3. The molecule has 0 saturated heterocycles. The molecule has 4 nitrogen and oxygen atoms in total. The van der Waals surface area contributed by atoms with Gasteiger partial charge in [0.1, 0.15) is 5.52 Å². The van der Waals surface area contributed by atoms with Gasteiger partial charge in [0.05, 0.1) is 0 Å². The van der Waals surface area contributed by atoms with Crippen molar-refractivity contribution in [1.82, 2.24) is 4.98 Å². The van der Waals surface area contributed by atoms with Crippen LogP contribution < -0.4 is 5.32 Å². The number of fused-ring (bicyclic) bond motifs is 1. The van der Waals surface area contributed by atoms with E-state index in [4.69, 9.17) is 4.42 Å². The van der Waals surface area contributed by atoms with Crippen LogP contribution in [-0.2, 0) is 5.41 Å². The zero-order valence-electron chi connectivity index (χ0n) is 18.0. The van der Waals surface area contributed by atoms with E-state index in [1.807, 2.05) is 48.5 Å². The molecule has 152 valence electrons. The highest BCUT2D eigenvalue weighted by Crippen LogP contribution is 2.28. The van der Waals surface area contributed by atoms with Crippen molar-refractivity contribution in [1.29, 1.82) is 0 Å². The number of hydrogen-bond donors (Lipinski definition) is 1. The topological polar surface area (TPSA) is 55.1 Å². The molecule has 0 aliphatic heterocycles. The molecule has 1 amide bonds. The first kappa shape index (κ1) is 19.9. The van der Waals surface area contributed by atoms with Crippen molar-refractivity contribution in [3.63, 3.8) is 0 Å². The van der Waals surface area contributed by atoms with Crippen LogP contribution in [0, 0.1) is 13.8 Å². The van der Waals surface area contributed by atoms with Gasteiger partial charge in [0.15, 0.2) is 5.58 Å². The van der Waals surface area contributed by atoms with Crippen molar-refractivity contribution < 1.29 is 9.21 Å². The predicted octanol–water partition coefficient (Wildman–Crippen LogP) is 6.66. The summed E-state index contributed by atoms with van der Waals surface area (Å²) in [5.74, 6) is 0.432. The fourth-order valence-corrected chi connectivity index (χ4v) is 3.33. The summed E-state index contributed by atoms with van der Waals surface area (Å²) in [5, 5.41) is 2.95. The van der Waals surface area contributed by atoms with E-state index in [2.05, 4.69) is 57.1 Å². The Kier molecular flexibility index (Phi) is 4.94. The highest BCUT2D eigenvalue weighted by atomic mass is 16.3. The molecule has 4 rings (SSSR count). The van der Waals surface area contributed by atoms with E-state index < -0.39 is 0 Å². The van der Waals surface area contributed by atoms with E-state index in [1.165, 1.54) is 16.7 Å². The highest BCUT2D eigenvalue weighted by molar-refractivity contribution is 6.05. The van der Waals surface area contributed by atoms with Gasteiger partial charge in [0.2, 0.25) is 5.89 Å². The van der Waals surface area contributed by atoms with Crippen LogP contribution >= 0.6 is 0 Å². The van der Waals surface area contributed by atoms with Crippen molar-refractivity contribution in [2.45, 2.75) is 40.0 Å². The lowest BCUT2D eigenvalue weighted by atomic mass is 9.87. The fraction of sp³-hybridized carbons (Fsp3) is 0.231. The van der Waals surface area contributed by atoms with Crippen LogP contribution in [0.15, 0.2) is 65.1 Å². The molecule has 4 heteroatoms. The third kappa shape index (κ3) is 3.99. The van der Waals surface area contributed by atoms with Gasteiger partial charge in [-0.15, -0.1) is 0 Å². The van der Waals surface area contributed by atoms with Crippen LogP contribution in [0.1, 0.15) is 47.8 Å². The maximum atomic E-state index is 12.7. The van der Waals surface area contributed by atoms with E-state index >= 15 is 0 Å². The number of benzene rings is 3. The lowest BCUT2D eigenvalue weighted by molar-refractivity contribution is 0.102. The first-order valence-electron chi connectivity index (χ1n) is 10.1. The number of aromatic nitrogens is 1. The first-order valence-corrected chi connectivity index (χ1v) is 10.1. The van der Waals surface area contributed by atoms with Gasteiger partial charge in [0.25, 0.3) is 5.91 Å². The van der Waals surface area contributed by atoms with Crippen molar-refractivity contribution in [2.75, 3.05) is 5.32 Å². The molecule has 0 fully saturated rings. The molecule has 0 aliphatic rings. The Labute approximate surface area is 177 Å². The quantitative estimate of drug-likeness (QED) is 0.420. The molecule has 0 bridgehead atoms. The summed E-state index contributed by atoms with van der Waals surface area (Å²) in [7, 11) is 0. The van der Waals surface area contributed by atoms with Gasteiger partial charge in [-0.05, 0) is 78.4 Å². The minimum absolute atomic E-state index is 0.0562. The highest BCUT2D eigenvalue weighted by Gasteiger charge is 2.15. The summed E-state index contributed by atoms with van der Waals surface area (Å²) in [6.45, 7) is 10.6. The molecule has 0 spiro atoms. The normalized spacial score (nSPS) is 11.6. The Balaban J connectivity index is 1.56. The largest absolute Gasteiger partial charge is 0.436 e. The molecular formula is C26H26N2O2. The number of amides is 1. The Hall–Kier alpha value is -3.40. The number of oxazole rings is 1. The van der Waals surface area contributed by atoms with E-state index in [9.17, 15) is 4.79 Å². The maximum absolute atomic E-state index is 12.7. The molecule has 0 saturated carbocycles. The Morgan fingerprint density at radius 2 is 1.63 bits per heavy atom. The molecule has 0 radical (unpaired) electrons. The number of anilines is 1. The second kappa shape index (κ2) is 7.45. The second-order valence-corrected chi connectivity index (χ2v) is 8.78. The van der Waals surface area contributed by atoms with E-state index in [0.29, 0.717) is 28.2 Å². The summed E-state index contributed by atoms with van der Waals surface area (Å²) < 4.78 is 5.91. The van der Waals surface area contributed by atoms with Gasteiger partial charge in [-0.3, -0.25) is 4.79 Å². The SMILES string of the molecule is Cc1ccc(-c2nc3cc(NC(=O)c4ccc(C(C)(C)C)cc4)ccc3o2)cc1C. The Bertz CT molecular complexity index is 1230. The average Bonchev–Trinajstić information content (AvgIpc) is 3.13. The summed E-state index contributed by atoms with van der Waals surface area (Å²) >= 11 is 0. The minimum atomic E-state index is -0.146. The van der Waals surface area contributed by atoms with Crippen LogP contribution in [-0.4, -0.2) is 10.9 Å². The fourth-order valence-electron chi connectivity index (χ4n) is 3.33. The standard InChI is InChI=1S/C26H26N2O2/c1-16-6-7-19(14-17(16)2)25-28-22-15-21(12-13-23(22)30-25)27-24(29)18-8-10-20(11-9-18)26(3,4)5/h6-15H,1-5H3,(H,27,29). The van der Waals surface area contributed by atoms with Crippen molar-refractivity contribution in [3.05, 3.63) is 82.9 Å².